The van der Waals surface area contributed by atoms with Gasteiger partial charge in [0.1, 0.15) is 0 Å². The fourth-order valence-corrected chi connectivity index (χ4v) is 2.89. The van der Waals surface area contributed by atoms with Gasteiger partial charge >= 0.3 is 0 Å². The van der Waals surface area contributed by atoms with Crippen molar-refractivity contribution in [3.63, 3.8) is 0 Å². The third-order valence-electron chi connectivity index (χ3n) is 3.92. The number of rotatable bonds is 2. The number of nitrogens with two attached hydrogens (primary N) is 2. The topological polar surface area (TPSA) is 90.7 Å². The van der Waals surface area contributed by atoms with Gasteiger partial charge in [0.05, 0.1) is 0 Å². The van der Waals surface area contributed by atoms with E-state index in [-0.39, 0.29) is 11.9 Å². The summed E-state index contributed by atoms with van der Waals surface area (Å²) >= 11 is 0. The Bertz CT molecular complexity index is 1010. The molecule has 0 aliphatic heterocycles. The molecular formula is C19H15N5. The first-order chi connectivity index (χ1) is 11.7. The maximum Gasteiger partial charge on any atom is 0.225 e. The maximum absolute atomic E-state index is 5.72. The van der Waals surface area contributed by atoms with Gasteiger partial charge in [0.2, 0.25) is 11.9 Å². The standard InChI is InChI=1S/C19H15N5/c20-18-22-17(23-19(21)24-18)16-11-10-13(12-6-2-1-3-7-12)14-8-4-5-9-15(14)16/h1-11H,(H4,20,21,22,23,24). The number of nitrogens with zero attached hydrogens (tertiary/aromatic N) is 3. The highest BCUT2D eigenvalue weighted by atomic mass is 15.1. The van der Waals surface area contributed by atoms with E-state index in [1.165, 1.54) is 0 Å². The van der Waals surface area contributed by atoms with Crippen LogP contribution in [0.15, 0.2) is 66.7 Å². The lowest BCUT2D eigenvalue weighted by atomic mass is 9.95. The van der Waals surface area contributed by atoms with Gasteiger partial charge in [-0.2, -0.15) is 15.0 Å². The number of fused-ring (bicyclic) bond motifs is 1. The van der Waals surface area contributed by atoms with Crippen molar-refractivity contribution in [1.82, 2.24) is 15.0 Å². The molecule has 0 spiro atoms. The van der Waals surface area contributed by atoms with E-state index >= 15 is 0 Å². The Morgan fingerprint density at radius 3 is 1.75 bits per heavy atom. The predicted molar refractivity (Wildman–Crippen MR) is 97.0 cm³/mol. The summed E-state index contributed by atoms with van der Waals surface area (Å²) in [7, 11) is 0. The minimum Gasteiger partial charge on any atom is -0.368 e. The average molecular weight is 313 g/mol. The molecule has 0 bridgehead atoms. The van der Waals surface area contributed by atoms with Crippen molar-refractivity contribution >= 4 is 22.7 Å². The molecule has 5 heteroatoms. The van der Waals surface area contributed by atoms with Crippen molar-refractivity contribution in [3.05, 3.63) is 66.7 Å². The molecule has 5 nitrogen and oxygen atoms in total. The number of nitrogen functional groups attached to an aromatic ring is 2. The molecule has 4 rings (SSSR count). The number of benzene rings is 3. The van der Waals surface area contributed by atoms with Gasteiger partial charge in [-0.05, 0) is 28.0 Å². The predicted octanol–water partition coefficient (Wildman–Crippen LogP) is 3.52. The second-order valence-electron chi connectivity index (χ2n) is 5.45. The summed E-state index contributed by atoms with van der Waals surface area (Å²) in [6, 6.07) is 22.5. The van der Waals surface area contributed by atoms with Crippen LogP contribution in [-0.2, 0) is 0 Å². The first-order valence-electron chi connectivity index (χ1n) is 7.57. The van der Waals surface area contributed by atoms with Crippen molar-refractivity contribution in [2.45, 2.75) is 0 Å². The van der Waals surface area contributed by atoms with Gasteiger partial charge in [0.15, 0.2) is 5.82 Å². The van der Waals surface area contributed by atoms with Crippen LogP contribution in [0.1, 0.15) is 0 Å². The third-order valence-corrected chi connectivity index (χ3v) is 3.92. The fraction of sp³-hybridized carbons (Fsp3) is 0. The molecule has 0 amide bonds. The van der Waals surface area contributed by atoms with Gasteiger partial charge in [0, 0.05) is 5.56 Å². The van der Waals surface area contributed by atoms with Gasteiger partial charge in [-0.25, -0.2) is 0 Å². The van der Waals surface area contributed by atoms with Crippen molar-refractivity contribution in [2.75, 3.05) is 11.5 Å². The minimum absolute atomic E-state index is 0.119. The van der Waals surface area contributed by atoms with Crippen LogP contribution in [0, 0.1) is 0 Å². The number of hydrogen-bond donors (Lipinski definition) is 2. The molecule has 116 valence electrons. The number of anilines is 2. The molecule has 4 N–H and O–H groups in total. The molecule has 0 atom stereocenters. The molecule has 4 aromatic rings. The van der Waals surface area contributed by atoms with Gasteiger partial charge in [-0.3, -0.25) is 0 Å². The van der Waals surface area contributed by atoms with Crippen molar-refractivity contribution in [3.8, 4) is 22.5 Å². The third kappa shape index (κ3) is 2.42. The van der Waals surface area contributed by atoms with Crippen LogP contribution in [0.3, 0.4) is 0 Å². The smallest absolute Gasteiger partial charge is 0.225 e. The van der Waals surface area contributed by atoms with E-state index in [9.17, 15) is 0 Å². The van der Waals surface area contributed by atoms with E-state index in [0.29, 0.717) is 5.82 Å². The van der Waals surface area contributed by atoms with E-state index in [1.807, 2.05) is 42.5 Å². The summed E-state index contributed by atoms with van der Waals surface area (Å²) in [5, 5.41) is 2.17. The van der Waals surface area contributed by atoms with Crippen molar-refractivity contribution in [1.29, 1.82) is 0 Å². The Balaban J connectivity index is 2.00. The number of aromatic nitrogens is 3. The van der Waals surface area contributed by atoms with E-state index in [1.54, 1.807) is 0 Å². The van der Waals surface area contributed by atoms with Crippen LogP contribution in [0.4, 0.5) is 11.9 Å². The molecule has 0 fully saturated rings. The van der Waals surface area contributed by atoms with Crippen LogP contribution in [0.5, 0.6) is 0 Å². The molecule has 1 aromatic heterocycles. The monoisotopic (exact) mass is 313 g/mol. The van der Waals surface area contributed by atoms with E-state index in [2.05, 4.69) is 39.2 Å². The van der Waals surface area contributed by atoms with Gasteiger partial charge < -0.3 is 11.5 Å². The molecule has 0 radical (unpaired) electrons. The maximum atomic E-state index is 5.72. The Morgan fingerprint density at radius 1 is 0.542 bits per heavy atom. The largest absolute Gasteiger partial charge is 0.368 e. The van der Waals surface area contributed by atoms with Gasteiger partial charge in [-0.15, -0.1) is 0 Å². The molecule has 24 heavy (non-hydrogen) atoms. The first-order valence-corrected chi connectivity index (χ1v) is 7.57. The highest BCUT2D eigenvalue weighted by molar-refractivity contribution is 6.04. The van der Waals surface area contributed by atoms with Crippen molar-refractivity contribution in [2.24, 2.45) is 0 Å². The Morgan fingerprint density at radius 2 is 1.08 bits per heavy atom. The minimum atomic E-state index is 0.119. The molecule has 0 unspecified atom stereocenters. The van der Waals surface area contributed by atoms with Crippen LogP contribution < -0.4 is 11.5 Å². The average Bonchev–Trinajstić information content (AvgIpc) is 2.60. The summed E-state index contributed by atoms with van der Waals surface area (Å²) in [4.78, 5) is 12.3. The molecule has 3 aromatic carbocycles. The summed E-state index contributed by atoms with van der Waals surface area (Å²) < 4.78 is 0. The van der Waals surface area contributed by atoms with Crippen LogP contribution in [0.2, 0.25) is 0 Å². The zero-order chi connectivity index (χ0) is 16.5. The molecular weight excluding hydrogens is 298 g/mol. The molecule has 0 aliphatic rings. The van der Waals surface area contributed by atoms with E-state index in [0.717, 1.165) is 27.5 Å². The first kappa shape index (κ1) is 14.1. The Labute approximate surface area is 139 Å². The zero-order valence-electron chi connectivity index (χ0n) is 12.8. The molecule has 0 saturated carbocycles. The quantitative estimate of drug-likeness (QED) is 0.591. The fourth-order valence-electron chi connectivity index (χ4n) is 2.89. The Hall–Kier alpha value is -3.47. The highest BCUT2D eigenvalue weighted by Crippen LogP contribution is 2.34. The SMILES string of the molecule is Nc1nc(N)nc(-c2ccc(-c3ccccc3)c3ccccc23)n1. The van der Waals surface area contributed by atoms with Crippen LogP contribution >= 0.6 is 0 Å². The van der Waals surface area contributed by atoms with Crippen molar-refractivity contribution < 1.29 is 0 Å². The van der Waals surface area contributed by atoms with Gasteiger partial charge in [-0.1, -0.05) is 60.7 Å². The van der Waals surface area contributed by atoms with Gasteiger partial charge in [0.25, 0.3) is 0 Å². The molecule has 0 saturated heterocycles. The summed E-state index contributed by atoms with van der Waals surface area (Å²) in [6.07, 6.45) is 0. The van der Waals surface area contributed by atoms with E-state index in [4.69, 9.17) is 11.5 Å². The zero-order valence-corrected chi connectivity index (χ0v) is 12.8. The summed E-state index contributed by atoms with van der Waals surface area (Å²) in [5.74, 6) is 0.721. The lowest BCUT2D eigenvalue weighted by Crippen LogP contribution is -2.04. The summed E-state index contributed by atoms with van der Waals surface area (Å²) in [5.41, 5.74) is 14.6. The lowest BCUT2D eigenvalue weighted by molar-refractivity contribution is 1.09. The second kappa shape index (κ2) is 5.62. The lowest BCUT2D eigenvalue weighted by Gasteiger charge is -2.11. The second-order valence-corrected chi connectivity index (χ2v) is 5.45. The molecule has 0 aliphatic carbocycles. The van der Waals surface area contributed by atoms with E-state index < -0.39 is 0 Å². The summed E-state index contributed by atoms with van der Waals surface area (Å²) in [6.45, 7) is 0. The normalized spacial score (nSPS) is 10.8. The number of hydrogen-bond acceptors (Lipinski definition) is 5. The van der Waals surface area contributed by atoms with Crippen LogP contribution in [-0.4, -0.2) is 15.0 Å². The van der Waals surface area contributed by atoms with Crippen LogP contribution in [0.25, 0.3) is 33.3 Å². The highest BCUT2D eigenvalue weighted by Gasteiger charge is 2.12. The Kier molecular flexibility index (Phi) is 3.31. The molecule has 1 heterocycles.